The molecule has 3 nitrogen and oxygen atoms in total. The van der Waals surface area contributed by atoms with E-state index in [1.807, 2.05) is 31.2 Å². The van der Waals surface area contributed by atoms with Crippen molar-refractivity contribution in [2.45, 2.75) is 19.5 Å². The standard InChI is InChI=1S/C13H19NO2/c1-3-7-16-13-6-4-5-12(8-13)9-14-11(2)10-15/h3-6,8,11,14-15H,1,7,9-10H2,2H3/t11-/m0/s1. The van der Waals surface area contributed by atoms with Gasteiger partial charge in [-0.05, 0) is 24.6 Å². The van der Waals surface area contributed by atoms with E-state index in [-0.39, 0.29) is 12.6 Å². The molecule has 1 rings (SSSR count). The second-order valence-corrected chi connectivity index (χ2v) is 3.71. The van der Waals surface area contributed by atoms with Crippen molar-refractivity contribution in [1.29, 1.82) is 0 Å². The summed E-state index contributed by atoms with van der Waals surface area (Å²) >= 11 is 0. The molecule has 88 valence electrons. The van der Waals surface area contributed by atoms with E-state index in [1.165, 1.54) is 0 Å². The van der Waals surface area contributed by atoms with Gasteiger partial charge < -0.3 is 15.2 Å². The van der Waals surface area contributed by atoms with E-state index in [4.69, 9.17) is 9.84 Å². The van der Waals surface area contributed by atoms with Crippen molar-refractivity contribution in [2.24, 2.45) is 0 Å². The van der Waals surface area contributed by atoms with Crippen LogP contribution in [-0.2, 0) is 6.54 Å². The van der Waals surface area contributed by atoms with Crippen LogP contribution in [0.5, 0.6) is 5.75 Å². The minimum atomic E-state index is 0.109. The van der Waals surface area contributed by atoms with Gasteiger partial charge in [0.25, 0.3) is 0 Å². The largest absolute Gasteiger partial charge is 0.490 e. The molecule has 0 unspecified atom stereocenters. The van der Waals surface area contributed by atoms with Crippen LogP contribution in [0.1, 0.15) is 12.5 Å². The third-order valence-electron chi connectivity index (χ3n) is 2.19. The monoisotopic (exact) mass is 221 g/mol. The smallest absolute Gasteiger partial charge is 0.120 e. The van der Waals surface area contributed by atoms with Crippen LogP contribution in [0.25, 0.3) is 0 Å². The van der Waals surface area contributed by atoms with Crippen LogP contribution in [-0.4, -0.2) is 24.4 Å². The molecule has 0 radical (unpaired) electrons. The van der Waals surface area contributed by atoms with Crippen molar-refractivity contribution in [3.63, 3.8) is 0 Å². The molecule has 1 aromatic rings. The lowest BCUT2D eigenvalue weighted by atomic mass is 10.2. The molecule has 0 aliphatic carbocycles. The quantitative estimate of drug-likeness (QED) is 0.689. The van der Waals surface area contributed by atoms with E-state index >= 15 is 0 Å². The lowest BCUT2D eigenvalue weighted by molar-refractivity contribution is 0.251. The van der Waals surface area contributed by atoms with Gasteiger partial charge >= 0.3 is 0 Å². The molecule has 0 fully saturated rings. The second-order valence-electron chi connectivity index (χ2n) is 3.71. The highest BCUT2D eigenvalue weighted by molar-refractivity contribution is 5.28. The Morgan fingerprint density at radius 1 is 1.56 bits per heavy atom. The van der Waals surface area contributed by atoms with E-state index in [0.29, 0.717) is 6.61 Å². The summed E-state index contributed by atoms with van der Waals surface area (Å²) in [6.45, 7) is 6.94. The third-order valence-corrected chi connectivity index (χ3v) is 2.19. The van der Waals surface area contributed by atoms with Crippen LogP contribution in [0.3, 0.4) is 0 Å². The number of hydrogen-bond acceptors (Lipinski definition) is 3. The molecule has 1 atom stereocenters. The summed E-state index contributed by atoms with van der Waals surface area (Å²) in [4.78, 5) is 0. The summed E-state index contributed by atoms with van der Waals surface area (Å²) in [5.74, 6) is 0.843. The highest BCUT2D eigenvalue weighted by atomic mass is 16.5. The van der Waals surface area contributed by atoms with Gasteiger partial charge in [-0.25, -0.2) is 0 Å². The van der Waals surface area contributed by atoms with E-state index < -0.39 is 0 Å². The number of rotatable bonds is 7. The zero-order valence-corrected chi connectivity index (χ0v) is 9.65. The average Bonchev–Trinajstić information content (AvgIpc) is 2.34. The Bertz CT molecular complexity index is 325. The van der Waals surface area contributed by atoms with Gasteiger partial charge in [-0.3, -0.25) is 0 Å². The first-order valence-electron chi connectivity index (χ1n) is 5.43. The summed E-state index contributed by atoms with van der Waals surface area (Å²) < 4.78 is 5.43. The Hall–Kier alpha value is -1.32. The number of aliphatic hydroxyl groups excluding tert-OH is 1. The fourth-order valence-electron chi connectivity index (χ4n) is 1.26. The van der Waals surface area contributed by atoms with Crippen LogP contribution in [0, 0.1) is 0 Å². The Balaban J connectivity index is 2.49. The van der Waals surface area contributed by atoms with Crippen molar-refractivity contribution in [2.75, 3.05) is 13.2 Å². The molecule has 0 spiro atoms. The third kappa shape index (κ3) is 4.47. The van der Waals surface area contributed by atoms with Crippen molar-refractivity contribution < 1.29 is 9.84 Å². The van der Waals surface area contributed by atoms with Gasteiger partial charge in [-0.1, -0.05) is 24.8 Å². The predicted molar refractivity (Wildman–Crippen MR) is 65.5 cm³/mol. The molecular formula is C13H19NO2. The molecule has 0 heterocycles. The second kappa shape index (κ2) is 7.04. The Morgan fingerprint density at radius 2 is 2.38 bits per heavy atom. The lowest BCUT2D eigenvalue weighted by Crippen LogP contribution is -2.28. The average molecular weight is 221 g/mol. The predicted octanol–water partition coefficient (Wildman–Crippen LogP) is 1.72. The summed E-state index contributed by atoms with van der Waals surface area (Å²) in [5, 5.41) is 12.1. The molecule has 1 aromatic carbocycles. The van der Waals surface area contributed by atoms with Gasteiger partial charge in [0, 0.05) is 12.6 Å². The number of hydrogen-bond donors (Lipinski definition) is 2. The number of nitrogens with one attached hydrogen (secondary N) is 1. The van der Waals surface area contributed by atoms with Crippen LogP contribution in [0.2, 0.25) is 0 Å². The number of benzene rings is 1. The summed E-state index contributed by atoms with van der Waals surface area (Å²) in [6.07, 6.45) is 1.72. The molecule has 0 saturated heterocycles. The summed E-state index contributed by atoms with van der Waals surface area (Å²) in [6, 6.07) is 8.00. The van der Waals surface area contributed by atoms with Crippen LogP contribution in [0.4, 0.5) is 0 Å². The van der Waals surface area contributed by atoms with Crippen LogP contribution >= 0.6 is 0 Å². The van der Waals surface area contributed by atoms with Crippen LogP contribution in [0.15, 0.2) is 36.9 Å². The molecule has 0 aliphatic heterocycles. The molecule has 16 heavy (non-hydrogen) atoms. The van der Waals surface area contributed by atoms with Gasteiger partial charge in [0.05, 0.1) is 6.61 Å². The van der Waals surface area contributed by atoms with Gasteiger partial charge in [0.1, 0.15) is 12.4 Å². The first-order valence-corrected chi connectivity index (χ1v) is 5.43. The number of aliphatic hydroxyl groups is 1. The first kappa shape index (κ1) is 12.7. The van der Waals surface area contributed by atoms with E-state index in [0.717, 1.165) is 17.9 Å². The Labute approximate surface area is 96.8 Å². The minimum Gasteiger partial charge on any atom is -0.490 e. The van der Waals surface area contributed by atoms with Gasteiger partial charge in [-0.15, -0.1) is 0 Å². The highest BCUT2D eigenvalue weighted by Crippen LogP contribution is 2.13. The van der Waals surface area contributed by atoms with Crippen LogP contribution < -0.4 is 10.1 Å². The fourth-order valence-corrected chi connectivity index (χ4v) is 1.26. The molecule has 3 heteroatoms. The van der Waals surface area contributed by atoms with Crippen molar-refractivity contribution in [3.8, 4) is 5.75 Å². The Morgan fingerprint density at radius 3 is 3.06 bits per heavy atom. The van der Waals surface area contributed by atoms with Gasteiger partial charge in [0.2, 0.25) is 0 Å². The molecule has 0 aromatic heterocycles. The zero-order valence-electron chi connectivity index (χ0n) is 9.65. The van der Waals surface area contributed by atoms with Crippen molar-refractivity contribution >= 4 is 0 Å². The molecule has 0 aliphatic rings. The lowest BCUT2D eigenvalue weighted by Gasteiger charge is -2.11. The number of ether oxygens (including phenoxy) is 1. The molecular weight excluding hydrogens is 202 g/mol. The maximum absolute atomic E-state index is 8.89. The molecule has 0 bridgehead atoms. The highest BCUT2D eigenvalue weighted by Gasteiger charge is 2.00. The first-order chi connectivity index (χ1) is 7.76. The minimum absolute atomic E-state index is 0.109. The van der Waals surface area contributed by atoms with E-state index in [2.05, 4.69) is 11.9 Å². The molecule has 0 saturated carbocycles. The van der Waals surface area contributed by atoms with Crippen molar-refractivity contribution in [1.82, 2.24) is 5.32 Å². The molecule has 2 N–H and O–H groups in total. The fraction of sp³-hybridized carbons (Fsp3) is 0.385. The molecule has 0 amide bonds. The maximum Gasteiger partial charge on any atom is 0.120 e. The van der Waals surface area contributed by atoms with E-state index in [1.54, 1.807) is 6.08 Å². The summed E-state index contributed by atoms with van der Waals surface area (Å²) in [7, 11) is 0. The zero-order chi connectivity index (χ0) is 11.8. The van der Waals surface area contributed by atoms with Gasteiger partial charge in [-0.2, -0.15) is 0 Å². The topological polar surface area (TPSA) is 41.5 Å². The van der Waals surface area contributed by atoms with Gasteiger partial charge in [0.15, 0.2) is 0 Å². The van der Waals surface area contributed by atoms with E-state index in [9.17, 15) is 0 Å². The normalized spacial score (nSPS) is 12.1. The Kier molecular flexibility index (Phi) is 5.61. The van der Waals surface area contributed by atoms with Crippen molar-refractivity contribution in [3.05, 3.63) is 42.5 Å². The SMILES string of the molecule is C=CCOc1cccc(CN[C@@H](C)CO)c1. The summed E-state index contributed by atoms with van der Waals surface area (Å²) in [5.41, 5.74) is 1.14. The maximum atomic E-state index is 8.89.